The van der Waals surface area contributed by atoms with Crippen molar-refractivity contribution in [3.8, 4) is 0 Å². The van der Waals surface area contributed by atoms with E-state index in [1.165, 1.54) is 5.56 Å². The number of nitrogens with zero attached hydrogens (tertiary/aromatic N) is 4. The predicted octanol–water partition coefficient (Wildman–Crippen LogP) is 3.86. The average molecular weight is 485 g/mol. The topological polar surface area (TPSA) is 71.2 Å². The molecule has 0 aliphatic carbocycles. The van der Waals surface area contributed by atoms with Gasteiger partial charge in [0.2, 0.25) is 0 Å². The minimum Gasteiger partial charge on any atom is -0.321 e. The smallest absolute Gasteiger partial charge is 0.321 e. The number of amides is 4. The zero-order valence-corrected chi connectivity index (χ0v) is 20.4. The summed E-state index contributed by atoms with van der Waals surface area (Å²) in [6.07, 6.45) is 0. The first-order chi connectivity index (χ1) is 16.5. The molecule has 4 amide bonds. The second-order valence-electron chi connectivity index (χ2n) is 8.75. The molecule has 8 nitrogen and oxygen atoms in total. The van der Waals surface area contributed by atoms with Crippen LogP contribution in [0.5, 0.6) is 0 Å². The van der Waals surface area contributed by atoms with Gasteiger partial charge in [0.25, 0.3) is 0 Å². The van der Waals surface area contributed by atoms with E-state index in [9.17, 15) is 9.59 Å². The van der Waals surface area contributed by atoms with E-state index in [4.69, 9.17) is 11.6 Å². The van der Waals surface area contributed by atoms with Crippen molar-refractivity contribution < 1.29 is 9.59 Å². The molecule has 0 unspecified atom stereocenters. The van der Waals surface area contributed by atoms with Crippen molar-refractivity contribution >= 4 is 35.0 Å². The largest absolute Gasteiger partial charge is 0.321 e. The van der Waals surface area contributed by atoms with Crippen molar-refractivity contribution in [2.24, 2.45) is 0 Å². The zero-order valence-electron chi connectivity index (χ0n) is 19.7. The van der Waals surface area contributed by atoms with Crippen LogP contribution in [0.4, 0.5) is 21.0 Å². The van der Waals surface area contributed by atoms with Gasteiger partial charge < -0.3 is 25.3 Å². The Labute approximate surface area is 206 Å². The molecule has 0 spiro atoms. The summed E-state index contributed by atoms with van der Waals surface area (Å²) >= 11 is 5.98. The molecule has 2 saturated heterocycles. The summed E-state index contributed by atoms with van der Waals surface area (Å²) in [5.74, 6) is 0. The summed E-state index contributed by atoms with van der Waals surface area (Å²) in [6, 6.07) is 14.8. The Hall–Kier alpha value is -2.81. The molecule has 2 heterocycles. The molecule has 0 saturated carbocycles. The highest BCUT2D eigenvalue weighted by atomic mass is 35.5. The van der Waals surface area contributed by atoms with Crippen LogP contribution in [0.2, 0.25) is 5.02 Å². The fourth-order valence-corrected chi connectivity index (χ4v) is 4.49. The molecule has 2 N–H and O–H groups in total. The van der Waals surface area contributed by atoms with Crippen LogP contribution in [0.25, 0.3) is 0 Å². The van der Waals surface area contributed by atoms with E-state index >= 15 is 0 Å². The first kappa shape index (κ1) is 24.3. The molecule has 2 aromatic rings. The van der Waals surface area contributed by atoms with Gasteiger partial charge in [0.15, 0.2) is 0 Å². The average Bonchev–Trinajstić information content (AvgIpc) is 2.86. The lowest BCUT2D eigenvalue weighted by Crippen LogP contribution is -2.52. The number of piperazine rings is 2. The minimum absolute atomic E-state index is 0.140. The van der Waals surface area contributed by atoms with Gasteiger partial charge in [-0.25, -0.2) is 9.59 Å². The van der Waals surface area contributed by atoms with E-state index in [-0.39, 0.29) is 12.1 Å². The predicted molar refractivity (Wildman–Crippen MR) is 136 cm³/mol. The van der Waals surface area contributed by atoms with Crippen molar-refractivity contribution in [3.63, 3.8) is 0 Å². The molecule has 0 aromatic heterocycles. The maximum Gasteiger partial charge on any atom is 0.321 e. The van der Waals surface area contributed by atoms with E-state index in [0.717, 1.165) is 45.0 Å². The summed E-state index contributed by atoms with van der Waals surface area (Å²) in [4.78, 5) is 33.6. The number of anilines is 2. The third-order valence-corrected chi connectivity index (χ3v) is 6.69. The van der Waals surface area contributed by atoms with Gasteiger partial charge in [-0.15, -0.1) is 0 Å². The van der Waals surface area contributed by atoms with Crippen molar-refractivity contribution in [3.05, 3.63) is 59.1 Å². The van der Waals surface area contributed by atoms with Gasteiger partial charge in [-0.05, 0) is 42.4 Å². The second-order valence-corrected chi connectivity index (χ2v) is 9.19. The van der Waals surface area contributed by atoms with E-state index < -0.39 is 0 Å². The number of hydrogen-bond donors (Lipinski definition) is 2. The second kappa shape index (κ2) is 11.6. The number of benzene rings is 2. The van der Waals surface area contributed by atoms with Gasteiger partial charge in [-0.2, -0.15) is 0 Å². The van der Waals surface area contributed by atoms with Crippen molar-refractivity contribution in [1.29, 1.82) is 0 Å². The SMILES string of the molecule is CCN1CCN(Cc2ccc(NC(=O)N3CCN(C(=O)Nc4cccc(Cl)c4)CC3)cc2)CC1. The molecule has 2 fully saturated rings. The lowest BCUT2D eigenvalue weighted by atomic mass is 10.2. The van der Waals surface area contributed by atoms with Gasteiger partial charge in [0, 0.05) is 75.3 Å². The molecule has 0 bridgehead atoms. The van der Waals surface area contributed by atoms with E-state index in [2.05, 4.69) is 39.5 Å². The summed E-state index contributed by atoms with van der Waals surface area (Å²) in [5, 5.41) is 6.40. The Morgan fingerprint density at radius 3 is 1.88 bits per heavy atom. The maximum atomic E-state index is 12.7. The highest BCUT2D eigenvalue weighted by molar-refractivity contribution is 6.30. The van der Waals surface area contributed by atoms with Crippen LogP contribution >= 0.6 is 11.6 Å². The fraction of sp³-hybridized carbons (Fsp3) is 0.440. The molecular weight excluding hydrogens is 452 g/mol. The van der Waals surface area contributed by atoms with Crippen LogP contribution in [0, 0.1) is 0 Å². The molecule has 4 rings (SSSR count). The number of likely N-dealkylation sites (N-methyl/N-ethyl adjacent to an activating group) is 1. The molecule has 34 heavy (non-hydrogen) atoms. The lowest BCUT2D eigenvalue weighted by molar-refractivity contribution is 0.132. The molecule has 2 aliphatic heterocycles. The highest BCUT2D eigenvalue weighted by Gasteiger charge is 2.24. The number of carbonyl (C=O) groups is 2. The Balaban J connectivity index is 1.20. The minimum atomic E-state index is -0.186. The Morgan fingerprint density at radius 2 is 1.32 bits per heavy atom. The summed E-state index contributed by atoms with van der Waals surface area (Å²) < 4.78 is 0. The van der Waals surface area contributed by atoms with Crippen molar-refractivity contribution in [2.45, 2.75) is 13.5 Å². The Kier molecular flexibility index (Phi) is 8.26. The van der Waals surface area contributed by atoms with Gasteiger partial charge in [0.1, 0.15) is 0 Å². The molecule has 2 aromatic carbocycles. The van der Waals surface area contributed by atoms with Crippen molar-refractivity contribution in [1.82, 2.24) is 19.6 Å². The fourth-order valence-electron chi connectivity index (χ4n) is 4.30. The third-order valence-electron chi connectivity index (χ3n) is 6.45. The van der Waals surface area contributed by atoms with Gasteiger partial charge in [-0.1, -0.05) is 36.7 Å². The maximum absolute atomic E-state index is 12.7. The summed E-state index contributed by atoms with van der Waals surface area (Å²) in [7, 11) is 0. The molecular formula is C25H33ClN6O2. The molecule has 9 heteroatoms. The highest BCUT2D eigenvalue weighted by Crippen LogP contribution is 2.17. The van der Waals surface area contributed by atoms with Crippen LogP contribution in [-0.4, -0.2) is 90.6 Å². The van der Waals surface area contributed by atoms with E-state index in [0.29, 0.717) is 36.9 Å². The zero-order chi connectivity index (χ0) is 23.9. The normalized spacial score (nSPS) is 17.5. The summed E-state index contributed by atoms with van der Waals surface area (Å²) in [5.41, 5.74) is 2.69. The standard InChI is InChI=1S/C25H33ClN6O2/c1-2-29-10-12-30(13-11-29)19-20-6-8-22(9-7-20)27-24(33)31-14-16-32(17-15-31)25(34)28-23-5-3-4-21(26)18-23/h3-9,18H,2,10-17,19H2,1H3,(H,27,33)(H,28,34). The number of rotatable bonds is 5. The molecule has 2 aliphatic rings. The van der Waals surface area contributed by atoms with Crippen LogP contribution in [0.1, 0.15) is 12.5 Å². The number of halogens is 1. The van der Waals surface area contributed by atoms with E-state index in [1.54, 1.807) is 34.1 Å². The van der Waals surface area contributed by atoms with Gasteiger partial charge >= 0.3 is 12.1 Å². The van der Waals surface area contributed by atoms with Crippen molar-refractivity contribution in [2.75, 3.05) is 69.5 Å². The number of urea groups is 2. The van der Waals surface area contributed by atoms with Crippen LogP contribution in [0.15, 0.2) is 48.5 Å². The van der Waals surface area contributed by atoms with Gasteiger partial charge in [0.05, 0.1) is 0 Å². The number of carbonyl (C=O) groups excluding carboxylic acids is 2. The van der Waals surface area contributed by atoms with E-state index in [1.807, 2.05) is 12.1 Å². The quantitative estimate of drug-likeness (QED) is 0.676. The number of hydrogen-bond acceptors (Lipinski definition) is 4. The van der Waals surface area contributed by atoms with Crippen LogP contribution < -0.4 is 10.6 Å². The third kappa shape index (κ3) is 6.62. The lowest BCUT2D eigenvalue weighted by Gasteiger charge is -2.34. The molecule has 0 radical (unpaired) electrons. The van der Waals surface area contributed by atoms with Gasteiger partial charge in [-0.3, -0.25) is 4.90 Å². The Morgan fingerprint density at radius 1 is 0.765 bits per heavy atom. The van der Waals surface area contributed by atoms with Crippen LogP contribution in [-0.2, 0) is 6.54 Å². The monoisotopic (exact) mass is 484 g/mol. The summed E-state index contributed by atoms with van der Waals surface area (Å²) in [6.45, 7) is 10.6. The Bertz CT molecular complexity index is 970. The molecule has 0 atom stereocenters. The first-order valence-electron chi connectivity index (χ1n) is 11.9. The number of nitrogens with one attached hydrogen (secondary N) is 2. The van der Waals surface area contributed by atoms with Crippen LogP contribution in [0.3, 0.4) is 0 Å². The molecule has 182 valence electrons. The first-order valence-corrected chi connectivity index (χ1v) is 12.3.